The number of benzene rings is 2. The van der Waals surface area contributed by atoms with Crippen LogP contribution in [0.1, 0.15) is 29.0 Å². The van der Waals surface area contributed by atoms with Crippen LogP contribution in [-0.2, 0) is 16.4 Å². The van der Waals surface area contributed by atoms with Crippen LogP contribution in [0.25, 0.3) is 0 Å². The molecule has 0 saturated heterocycles. The number of methoxy groups -OCH3 is 1. The molecule has 2 rings (SSSR count). The summed E-state index contributed by atoms with van der Waals surface area (Å²) in [6.45, 7) is -1.89. The average molecular weight is 416 g/mol. The summed E-state index contributed by atoms with van der Waals surface area (Å²) >= 11 is 0. The summed E-state index contributed by atoms with van der Waals surface area (Å²) in [5, 5.41) is 7.72. The number of ether oxygens (including phenoxy) is 3. The molecule has 0 aliphatic rings. The van der Waals surface area contributed by atoms with E-state index in [0.717, 1.165) is 12.1 Å². The van der Waals surface area contributed by atoms with Crippen LogP contribution in [-0.4, -0.2) is 41.2 Å². The Kier molecular flexibility index (Phi) is 5.09. The van der Waals surface area contributed by atoms with E-state index in [-0.39, 0.29) is 17.9 Å². The SMILES string of the molecule is [2H]C([2H])([2H])Oc1ccc(C[C@@H](C)NC([2H])([2H])C([2H])([2H])Oc2ccccc2OCC)cc1S(N)(=O)=O. The predicted molar refractivity (Wildman–Crippen MR) is 109 cm³/mol. The van der Waals surface area contributed by atoms with E-state index in [9.17, 15) is 8.42 Å². The molecule has 2 aromatic carbocycles. The lowest BCUT2D eigenvalue weighted by molar-refractivity contribution is 0.272. The monoisotopic (exact) mass is 415 g/mol. The molecule has 0 aliphatic heterocycles. The zero-order valence-corrected chi connectivity index (χ0v) is 16.4. The molecule has 154 valence electrons. The maximum Gasteiger partial charge on any atom is 0.241 e. The Balaban J connectivity index is 2.20. The standard InChI is InChI=1S/C20H28N2O5S/c1-4-26-17-7-5-6-8-18(17)27-12-11-22-15(2)13-16-9-10-19(25-3)20(14-16)28(21,23)24/h5-10,14-15,22H,4,11-13H2,1-3H3,(H2,21,23,24)/t15-/m1/s1/i3D3,11D2,12D2. The Morgan fingerprint density at radius 1 is 1.18 bits per heavy atom. The molecule has 0 aliphatic carbocycles. The third-order valence-corrected chi connectivity index (χ3v) is 4.58. The second-order valence-corrected chi connectivity index (χ2v) is 7.42. The number of primary sulfonamides is 1. The van der Waals surface area contributed by atoms with Gasteiger partial charge in [-0.25, -0.2) is 13.6 Å². The first-order valence-corrected chi connectivity index (χ1v) is 10.0. The molecular weight excluding hydrogens is 380 g/mol. The highest BCUT2D eigenvalue weighted by Gasteiger charge is 2.16. The molecule has 28 heavy (non-hydrogen) atoms. The Morgan fingerprint density at radius 3 is 2.54 bits per heavy atom. The molecule has 0 fully saturated rings. The van der Waals surface area contributed by atoms with Gasteiger partial charge in [-0.15, -0.1) is 0 Å². The van der Waals surface area contributed by atoms with Gasteiger partial charge >= 0.3 is 0 Å². The highest BCUT2D eigenvalue weighted by Crippen LogP contribution is 2.26. The highest BCUT2D eigenvalue weighted by atomic mass is 32.2. The van der Waals surface area contributed by atoms with Crippen LogP contribution in [0.15, 0.2) is 47.4 Å². The smallest absolute Gasteiger partial charge is 0.241 e. The summed E-state index contributed by atoms with van der Waals surface area (Å²) in [5.74, 6) is -0.150. The van der Waals surface area contributed by atoms with Gasteiger partial charge < -0.3 is 19.5 Å². The molecule has 0 bridgehead atoms. The van der Waals surface area contributed by atoms with Crippen molar-refractivity contribution in [3.63, 3.8) is 0 Å². The van der Waals surface area contributed by atoms with Crippen LogP contribution in [0.4, 0.5) is 0 Å². The van der Waals surface area contributed by atoms with Crippen molar-refractivity contribution in [3.05, 3.63) is 48.0 Å². The number of sulfonamides is 1. The average Bonchev–Trinajstić information content (AvgIpc) is 2.68. The number of nitrogens with one attached hydrogen (secondary N) is 1. The van der Waals surface area contributed by atoms with E-state index >= 15 is 0 Å². The second kappa shape index (κ2) is 10.3. The zero-order valence-electron chi connectivity index (χ0n) is 22.6. The lowest BCUT2D eigenvalue weighted by Crippen LogP contribution is -2.32. The summed E-state index contributed by atoms with van der Waals surface area (Å²) < 4.78 is 93.7. The van der Waals surface area contributed by atoms with Gasteiger partial charge in [0.15, 0.2) is 11.5 Å². The Hall–Kier alpha value is -2.29. The van der Waals surface area contributed by atoms with Crippen molar-refractivity contribution in [1.29, 1.82) is 0 Å². The van der Waals surface area contributed by atoms with Crippen LogP contribution < -0.4 is 24.7 Å². The summed E-state index contributed by atoms with van der Waals surface area (Å²) in [7, 11) is -7.22. The molecule has 0 heterocycles. The third kappa shape index (κ3) is 6.40. The highest BCUT2D eigenvalue weighted by molar-refractivity contribution is 7.89. The van der Waals surface area contributed by atoms with Crippen LogP contribution in [0, 0.1) is 0 Å². The van der Waals surface area contributed by atoms with E-state index in [1.807, 2.05) is 0 Å². The summed E-state index contributed by atoms with van der Waals surface area (Å²) in [5.41, 5.74) is 0.367. The van der Waals surface area contributed by atoms with E-state index in [4.69, 9.17) is 28.9 Å². The minimum absolute atomic E-state index is 0.0281. The number of hydrogen-bond acceptors (Lipinski definition) is 6. The van der Waals surface area contributed by atoms with Gasteiger partial charge in [-0.3, -0.25) is 0 Å². The van der Waals surface area contributed by atoms with Crippen molar-refractivity contribution in [2.75, 3.05) is 26.7 Å². The lowest BCUT2D eigenvalue weighted by atomic mass is 10.1. The summed E-state index contributed by atoms with van der Waals surface area (Å²) in [6.07, 6.45) is 0.0433. The van der Waals surface area contributed by atoms with Gasteiger partial charge in [-0.05, 0) is 50.1 Å². The second-order valence-electron chi connectivity index (χ2n) is 5.89. The number of nitrogens with two attached hydrogens (primary N) is 1. The molecule has 2 aromatic rings. The molecule has 0 radical (unpaired) electrons. The quantitative estimate of drug-likeness (QED) is 0.584. The normalized spacial score (nSPS) is 17.6. The maximum absolute atomic E-state index is 11.9. The fraction of sp³-hybridized carbons (Fsp3) is 0.400. The van der Waals surface area contributed by atoms with Gasteiger partial charge in [-0.2, -0.15) is 0 Å². The first-order valence-electron chi connectivity index (χ1n) is 12.0. The van der Waals surface area contributed by atoms with Crippen LogP contribution in [0.2, 0.25) is 0 Å². The van der Waals surface area contributed by atoms with Gasteiger partial charge in [0.1, 0.15) is 17.2 Å². The molecule has 0 amide bonds. The van der Waals surface area contributed by atoms with Crippen molar-refractivity contribution in [3.8, 4) is 17.2 Å². The summed E-state index contributed by atoms with van der Waals surface area (Å²) in [6, 6.07) is 9.28. The van der Waals surface area contributed by atoms with Crippen molar-refractivity contribution < 1.29 is 32.2 Å². The maximum atomic E-state index is 11.9. The molecule has 0 spiro atoms. The first kappa shape index (κ1) is 13.8. The topological polar surface area (TPSA) is 99.9 Å². The molecule has 8 heteroatoms. The molecule has 1 atom stereocenters. The molecule has 3 N–H and O–H groups in total. The van der Waals surface area contributed by atoms with E-state index < -0.39 is 46.8 Å². The van der Waals surface area contributed by atoms with E-state index in [1.165, 1.54) is 12.1 Å². The van der Waals surface area contributed by atoms with Crippen LogP contribution >= 0.6 is 0 Å². The Bertz CT molecular complexity index is 1130. The fourth-order valence-corrected chi connectivity index (χ4v) is 3.14. The van der Waals surface area contributed by atoms with E-state index in [1.54, 1.807) is 32.0 Å². The minimum atomic E-state index is -4.33. The van der Waals surface area contributed by atoms with Gasteiger partial charge in [0.25, 0.3) is 0 Å². The van der Waals surface area contributed by atoms with Crippen molar-refractivity contribution >= 4 is 10.0 Å². The Morgan fingerprint density at radius 2 is 1.89 bits per heavy atom. The Labute approximate surface area is 176 Å². The molecule has 0 unspecified atom stereocenters. The molecule has 0 saturated carbocycles. The van der Waals surface area contributed by atoms with E-state index in [2.05, 4.69) is 5.32 Å². The van der Waals surface area contributed by atoms with Crippen molar-refractivity contribution in [1.82, 2.24) is 5.32 Å². The van der Waals surface area contributed by atoms with Crippen LogP contribution in [0.3, 0.4) is 0 Å². The number of rotatable bonds is 11. The lowest BCUT2D eigenvalue weighted by Gasteiger charge is -2.16. The zero-order chi connectivity index (χ0) is 26.7. The minimum Gasteiger partial charge on any atom is -0.495 e. The fourth-order valence-electron chi connectivity index (χ4n) is 2.43. The molecular formula is C20H28N2O5S. The third-order valence-electron chi connectivity index (χ3n) is 3.65. The van der Waals surface area contributed by atoms with Gasteiger partial charge in [0.05, 0.1) is 20.5 Å². The summed E-state index contributed by atoms with van der Waals surface area (Å²) in [4.78, 5) is -0.535. The predicted octanol–water partition coefficient (Wildman–Crippen LogP) is 2.34. The number of para-hydroxylation sites is 2. The van der Waals surface area contributed by atoms with Crippen molar-refractivity contribution in [2.45, 2.75) is 31.2 Å². The van der Waals surface area contributed by atoms with Crippen LogP contribution in [0.5, 0.6) is 17.2 Å². The largest absolute Gasteiger partial charge is 0.495 e. The molecule has 0 aromatic heterocycles. The first-order chi connectivity index (χ1) is 15.9. The van der Waals surface area contributed by atoms with Gasteiger partial charge in [-0.1, -0.05) is 18.2 Å². The van der Waals surface area contributed by atoms with Gasteiger partial charge in [0.2, 0.25) is 10.0 Å². The van der Waals surface area contributed by atoms with Gasteiger partial charge in [0, 0.05) is 15.3 Å². The molecule has 7 nitrogen and oxygen atoms in total. The van der Waals surface area contributed by atoms with Crippen molar-refractivity contribution in [2.24, 2.45) is 5.14 Å². The number of hydrogen-bond donors (Lipinski definition) is 2. The van der Waals surface area contributed by atoms with E-state index in [0.29, 0.717) is 12.2 Å².